The van der Waals surface area contributed by atoms with E-state index in [0.717, 1.165) is 42.9 Å². The summed E-state index contributed by atoms with van der Waals surface area (Å²) in [5.41, 5.74) is 3.35. The molecular weight excluding hydrogens is 350 g/mol. The van der Waals surface area contributed by atoms with Crippen molar-refractivity contribution in [2.45, 2.75) is 25.6 Å². The van der Waals surface area contributed by atoms with E-state index in [9.17, 15) is 4.79 Å². The van der Waals surface area contributed by atoms with Crippen LogP contribution in [0.3, 0.4) is 0 Å². The summed E-state index contributed by atoms with van der Waals surface area (Å²) in [6, 6.07) is 18.7. The molecule has 1 saturated heterocycles. The van der Waals surface area contributed by atoms with Gasteiger partial charge in [-0.15, -0.1) is 0 Å². The van der Waals surface area contributed by atoms with E-state index in [-0.39, 0.29) is 12.1 Å². The maximum Gasteiger partial charge on any atom is 0.317 e. The van der Waals surface area contributed by atoms with Gasteiger partial charge in [0.2, 0.25) is 0 Å². The van der Waals surface area contributed by atoms with Crippen molar-refractivity contribution < 1.29 is 4.79 Å². The van der Waals surface area contributed by atoms with Crippen LogP contribution < -0.4 is 5.32 Å². The average Bonchev–Trinajstić information content (AvgIpc) is 3.27. The Kier molecular flexibility index (Phi) is 5.30. The SMILES string of the molecule is CN(Cc1nc2ccccc2n1C)C(=O)N[C@@H]1CCN(Cc2ccccc2)C1. The molecule has 2 amide bonds. The number of carbonyl (C=O) groups is 1. The molecule has 0 spiro atoms. The summed E-state index contributed by atoms with van der Waals surface area (Å²) in [6.07, 6.45) is 0.985. The number of aryl methyl sites for hydroxylation is 1. The quantitative estimate of drug-likeness (QED) is 0.744. The van der Waals surface area contributed by atoms with Gasteiger partial charge in [0.15, 0.2) is 0 Å². The van der Waals surface area contributed by atoms with Gasteiger partial charge in [0.25, 0.3) is 0 Å². The van der Waals surface area contributed by atoms with E-state index >= 15 is 0 Å². The van der Waals surface area contributed by atoms with Crippen LogP contribution in [0, 0.1) is 0 Å². The Morgan fingerprint density at radius 3 is 2.71 bits per heavy atom. The highest BCUT2D eigenvalue weighted by molar-refractivity contribution is 5.76. The van der Waals surface area contributed by atoms with Gasteiger partial charge in [-0.2, -0.15) is 0 Å². The van der Waals surface area contributed by atoms with Gasteiger partial charge in [0.1, 0.15) is 5.82 Å². The normalized spacial score (nSPS) is 17.1. The number of hydrogen-bond acceptors (Lipinski definition) is 3. The summed E-state index contributed by atoms with van der Waals surface area (Å²) < 4.78 is 2.05. The predicted molar refractivity (Wildman–Crippen MR) is 111 cm³/mol. The zero-order chi connectivity index (χ0) is 19.5. The molecular formula is C22H27N5O. The van der Waals surface area contributed by atoms with Gasteiger partial charge < -0.3 is 14.8 Å². The van der Waals surface area contributed by atoms with E-state index in [1.54, 1.807) is 4.90 Å². The fourth-order valence-corrected chi connectivity index (χ4v) is 3.84. The number of carbonyl (C=O) groups excluding carboxylic acids is 1. The number of nitrogens with zero attached hydrogens (tertiary/aromatic N) is 4. The highest BCUT2D eigenvalue weighted by Crippen LogP contribution is 2.16. The molecule has 1 atom stereocenters. The smallest absolute Gasteiger partial charge is 0.317 e. The third kappa shape index (κ3) is 4.02. The molecule has 28 heavy (non-hydrogen) atoms. The van der Waals surface area contributed by atoms with E-state index in [1.807, 2.05) is 44.4 Å². The topological polar surface area (TPSA) is 53.4 Å². The number of likely N-dealkylation sites (tertiary alicyclic amines) is 1. The Hall–Kier alpha value is -2.86. The van der Waals surface area contributed by atoms with Gasteiger partial charge in [-0.3, -0.25) is 4.90 Å². The van der Waals surface area contributed by atoms with Crippen LogP contribution in [0.5, 0.6) is 0 Å². The van der Waals surface area contributed by atoms with Crippen molar-refractivity contribution in [2.24, 2.45) is 7.05 Å². The largest absolute Gasteiger partial charge is 0.334 e. The Balaban J connectivity index is 1.31. The van der Waals surface area contributed by atoms with Crippen molar-refractivity contribution in [3.8, 4) is 0 Å². The van der Waals surface area contributed by atoms with Crippen molar-refractivity contribution >= 4 is 17.1 Å². The highest BCUT2D eigenvalue weighted by atomic mass is 16.2. The van der Waals surface area contributed by atoms with Crippen LogP contribution in [0.25, 0.3) is 11.0 Å². The van der Waals surface area contributed by atoms with Gasteiger partial charge in [0.05, 0.1) is 17.6 Å². The molecule has 6 nitrogen and oxygen atoms in total. The van der Waals surface area contributed by atoms with Crippen LogP contribution in [0.4, 0.5) is 4.79 Å². The molecule has 0 radical (unpaired) electrons. The molecule has 2 heterocycles. The Morgan fingerprint density at radius 2 is 1.93 bits per heavy atom. The number of amides is 2. The van der Waals surface area contributed by atoms with E-state index in [2.05, 4.69) is 44.0 Å². The number of imidazole rings is 1. The number of fused-ring (bicyclic) bond motifs is 1. The van der Waals surface area contributed by atoms with Gasteiger partial charge in [-0.05, 0) is 24.1 Å². The second kappa shape index (κ2) is 8.02. The van der Waals surface area contributed by atoms with Crippen LogP contribution in [-0.4, -0.2) is 51.6 Å². The molecule has 1 N–H and O–H groups in total. The second-order valence-corrected chi connectivity index (χ2v) is 7.59. The van der Waals surface area contributed by atoms with Crippen molar-refractivity contribution in [3.05, 3.63) is 66.0 Å². The molecule has 4 rings (SSSR count). The third-order valence-corrected chi connectivity index (χ3v) is 5.45. The number of benzene rings is 2. The maximum absolute atomic E-state index is 12.7. The van der Waals surface area contributed by atoms with Crippen molar-refractivity contribution in [1.29, 1.82) is 0 Å². The van der Waals surface area contributed by atoms with Crippen molar-refractivity contribution in [3.63, 3.8) is 0 Å². The molecule has 1 fully saturated rings. The van der Waals surface area contributed by atoms with Gasteiger partial charge in [-0.25, -0.2) is 9.78 Å². The van der Waals surface area contributed by atoms with Crippen LogP contribution in [0.15, 0.2) is 54.6 Å². The summed E-state index contributed by atoms with van der Waals surface area (Å²) in [5.74, 6) is 0.885. The van der Waals surface area contributed by atoms with Gasteiger partial charge in [0, 0.05) is 39.8 Å². The molecule has 1 aromatic heterocycles. The molecule has 6 heteroatoms. The van der Waals surface area contributed by atoms with E-state index in [1.165, 1.54) is 5.56 Å². The van der Waals surface area contributed by atoms with Crippen LogP contribution in [0.2, 0.25) is 0 Å². The first kappa shape index (κ1) is 18.5. The fraction of sp³-hybridized carbons (Fsp3) is 0.364. The lowest BCUT2D eigenvalue weighted by Gasteiger charge is -2.21. The van der Waals surface area contributed by atoms with Gasteiger partial charge in [-0.1, -0.05) is 42.5 Å². The minimum Gasteiger partial charge on any atom is -0.334 e. The highest BCUT2D eigenvalue weighted by Gasteiger charge is 2.25. The number of para-hydroxylation sites is 2. The maximum atomic E-state index is 12.7. The zero-order valence-electron chi connectivity index (χ0n) is 16.5. The molecule has 0 unspecified atom stereocenters. The average molecular weight is 377 g/mol. The number of hydrogen-bond donors (Lipinski definition) is 1. The molecule has 0 bridgehead atoms. The number of rotatable bonds is 5. The fourth-order valence-electron chi connectivity index (χ4n) is 3.84. The molecule has 1 aliphatic heterocycles. The lowest BCUT2D eigenvalue weighted by atomic mass is 10.2. The first-order valence-corrected chi connectivity index (χ1v) is 9.78. The van der Waals surface area contributed by atoms with E-state index < -0.39 is 0 Å². The first-order valence-electron chi connectivity index (χ1n) is 9.78. The van der Waals surface area contributed by atoms with Gasteiger partial charge >= 0.3 is 6.03 Å². The number of aromatic nitrogens is 2. The number of urea groups is 1. The third-order valence-electron chi connectivity index (χ3n) is 5.45. The standard InChI is InChI=1S/C22H27N5O/c1-25(16-21-24-19-10-6-7-11-20(19)26(21)2)22(28)23-18-12-13-27(15-18)14-17-8-4-3-5-9-17/h3-11,18H,12-16H2,1-2H3,(H,23,28)/t18-/m1/s1. The van der Waals surface area contributed by atoms with Crippen LogP contribution in [-0.2, 0) is 20.1 Å². The summed E-state index contributed by atoms with van der Waals surface area (Å²) in [5, 5.41) is 3.18. The zero-order valence-corrected chi connectivity index (χ0v) is 16.5. The second-order valence-electron chi connectivity index (χ2n) is 7.59. The first-order chi connectivity index (χ1) is 13.6. The lowest BCUT2D eigenvalue weighted by molar-refractivity contribution is 0.200. The van der Waals surface area contributed by atoms with Crippen molar-refractivity contribution in [1.82, 2.24) is 24.7 Å². The monoisotopic (exact) mass is 377 g/mol. The molecule has 1 aliphatic rings. The van der Waals surface area contributed by atoms with Crippen LogP contribution >= 0.6 is 0 Å². The molecule has 146 valence electrons. The summed E-state index contributed by atoms with van der Waals surface area (Å²) in [4.78, 5) is 21.4. The molecule has 0 aliphatic carbocycles. The minimum atomic E-state index is -0.0429. The Labute approximate surface area is 165 Å². The Morgan fingerprint density at radius 1 is 1.18 bits per heavy atom. The Bertz CT molecular complexity index is 952. The van der Waals surface area contributed by atoms with Crippen LogP contribution in [0.1, 0.15) is 17.8 Å². The summed E-state index contributed by atoms with van der Waals surface area (Å²) in [7, 11) is 3.82. The summed E-state index contributed by atoms with van der Waals surface area (Å²) in [6.45, 7) is 3.31. The van der Waals surface area contributed by atoms with E-state index in [0.29, 0.717) is 6.54 Å². The lowest BCUT2D eigenvalue weighted by Crippen LogP contribution is -2.44. The molecule has 0 saturated carbocycles. The summed E-state index contributed by atoms with van der Waals surface area (Å²) >= 11 is 0. The predicted octanol–water partition coefficient (Wildman–Crippen LogP) is 2.99. The molecule has 3 aromatic rings. The van der Waals surface area contributed by atoms with Crippen molar-refractivity contribution in [2.75, 3.05) is 20.1 Å². The number of nitrogens with one attached hydrogen (secondary N) is 1. The minimum absolute atomic E-state index is 0.0429. The molecule has 2 aromatic carbocycles. The van der Waals surface area contributed by atoms with E-state index in [4.69, 9.17) is 0 Å².